The fourth-order valence-electron chi connectivity index (χ4n) is 5.26. The number of fused-ring (bicyclic) bond motifs is 1. The Balaban J connectivity index is 1.41. The van der Waals surface area contributed by atoms with E-state index in [0.717, 1.165) is 55.8 Å². The van der Waals surface area contributed by atoms with Gasteiger partial charge in [0.15, 0.2) is 5.84 Å². The van der Waals surface area contributed by atoms with Gasteiger partial charge in [-0.2, -0.15) is 0 Å². The summed E-state index contributed by atoms with van der Waals surface area (Å²) in [4.78, 5) is 12.2. The van der Waals surface area contributed by atoms with Crippen molar-refractivity contribution in [2.45, 2.75) is 6.17 Å². The van der Waals surface area contributed by atoms with Crippen molar-refractivity contribution in [2.24, 2.45) is 15.7 Å². The Kier molecular flexibility index (Phi) is 6.77. The monoisotopic (exact) mass is 519 g/mol. The summed E-state index contributed by atoms with van der Waals surface area (Å²) < 4.78 is 0. The van der Waals surface area contributed by atoms with Crippen LogP contribution in [-0.2, 0) is 0 Å². The molecule has 1 heterocycles. The van der Waals surface area contributed by atoms with Gasteiger partial charge >= 0.3 is 0 Å². The minimum absolute atomic E-state index is 0.221. The van der Waals surface area contributed by atoms with Gasteiger partial charge in [0.05, 0.1) is 0 Å². The van der Waals surface area contributed by atoms with E-state index in [-0.39, 0.29) is 6.17 Å². The van der Waals surface area contributed by atoms with Gasteiger partial charge in [0, 0.05) is 36.2 Å². The molecule has 6 rings (SSSR count). The standard InChI is InChI=1S/C35H29N5/c1-40-34(26-12-6-3-7-13-26)38-33(25-10-4-2-5-11-25)39-35(40)27-18-16-24(17-19-27)29-20-21-30(28(22-36)23-37)32-15-9-8-14-31(29)32/h2-23,35-36H,37H2,1H3/b28-23+,36-22?. The number of nitrogens with one attached hydrogen (secondary N) is 1. The van der Waals surface area contributed by atoms with Gasteiger partial charge in [-0.05, 0) is 33.0 Å². The third-order valence-corrected chi connectivity index (χ3v) is 7.31. The Morgan fingerprint density at radius 2 is 1.35 bits per heavy atom. The fourth-order valence-corrected chi connectivity index (χ4v) is 5.26. The van der Waals surface area contributed by atoms with E-state index in [2.05, 4.69) is 71.6 Å². The number of hydrogen-bond donors (Lipinski definition) is 2. The van der Waals surface area contributed by atoms with Crippen molar-refractivity contribution in [1.29, 1.82) is 5.41 Å². The number of allylic oxidation sites excluding steroid dienone is 1. The van der Waals surface area contributed by atoms with Crippen LogP contribution in [0, 0.1) is 5.41 Å². The second kappa shape index (κ2) is 10.8. The lowest BCUT2D eigenvalue weighted by atomic mass is 9.92. The summed E-state index contributed by atoms with van der Waals surface area (Å²) in [5, 5.41) is 9.95. The molecular formula is C35H29N5. The Bertz CT molecular complexity index is 1770. The molecule has 194 valence electrons. The minimum atomic E-state index is -0.221. The lowest BCUT2D eigenvalue weighted by Gasteiger charge is -2.32. The molecule has 40 heavy (non-hydrogen) atoms. The number of aliphatic imine (C=N–C) groups is 2. The van der Waals surface area contributed by atoms with Crippen LogP contribution < -0.4 is 5.73 Å². The normalized spacial score (nSPS) is 15.5. The Morgan fingerprint density at radius 1 is 0.725 bits per heavy atom. The molecule has 1 aliphatic rings. The maximum Gasteiger partial charge on any atom is 0.159 e. The molecule has 0 saturated carbocycles. The van der Waals surface area contributed by atoms with E-state index >= 15 is 0 Å². The summed E-state index contributed by atoms with van der Waals surface area (Å²) >= 11 is 0. The first kappa shape index (κ1) is 25.0. The van der Waals surface area contributed by atoms with Gasteiger partial charge in [0.25, 0.3) is 0 Å². The Hall–Kier alpha value is -5.29. The van der Waals surface area contributed by atoms with E-state index in [1.54, 1.807) is 0 Å². The lowest BCUT2D eigenvalue weighted by Crippen LogP contribution is -2.35. The van der Waals surface area contributed by atoms with Crippen LogP contribution in [0.15, 0.2) is 138 Å². The summed E-state index contributed by atoms with van der Waals surface area (Å²) in [6.07, 6.45) is 2.57. The third kappa shape index (κ3) is 4.58. The van der Waals surface area contributed by atoms with E-state index in [4.69, 9.17) is 21.1 Å². The molecule has 0 aromatic heterocycles. The van der Waals surface area contributed by atoms with Crippen LogP contribution in [-0.4, -0.2) is 29.8 Å². The molecule has 0 spiro atoms. The van der Waals surface area contributed by atoms with E-state index in [1.807, 2.05) is 61.6 Å². The highest BCUT2D eigenvalue weighted by atomic mass is 15.3. The van der Waals surface area contributed by atoms with Gasteiger partial charge in [0.2, 0.25) is 0 Å². The zero-order chi connectivity index (χ0) is 27.5. The van der Waals surface area contributed by atoms with Crippen molar-refractivity contribution < 1.29 is 0 Å². The van der Waals surface area contributed by atoms with E-state index < -0.39 is 0 Å². The molecular weight excluding hydrogens is 490 g/mol. The third-order valence-electron chi connectivity index (χ3n) is 7.31. The van der Waals surface area contributed by atoms with Crippen LogP contribution in [0.3, 0.4) is 0 Å². The number of nitrogens with zero attached hydrogens (tertiary/aromatic N) is 3. The van der Waals surface area contributed by atoms with E-state index in [1.165, 1.54) is 12.4 Å². The highest BCUT2D eigenvalue weighted by molar-refractivity contribution is 6.15. The number of hydrogen-bond acceptors (Lipinski definition) is 5. The van der Waals surface area contributed by atoms with Crippen molar-refractivity contribution in [3.63, 3.8) is 0 Å². The summed E-state index contributed by atoms with van der Waals surface area (Å²) in [7, 11) is 2.05. The first-order valence-electron chi connectivity index (χ1n) is 13.2. The molecule has 5 aromatic carbocycles. The van der Waals surface area contributed by atoms with Gasteiger partial charge < -0.3 is 16.0 Å². The number of nitrogens with two attached hydrogens (primary N) is 1. The van der Waals surface area contributed by atoms with Crippen molar-refractivity contribution >= 4 is 34.2 Å². The molecule has 0 fully saturated rings. The second-order valence-corrected chi connectivity index (χ2v) is 9.70. The summed E-state index contributed by atoms with van der Waals surface area (Å²) in [5.41, 5.74) is 12.8. The first-order valence-corrected chi connectivity index (χ1v) is 13.2. The molecule has 1 atom stereocenters. The highest BCUT2D eigenvalue weighted by Crippen LogP contribution is 2.35. The van der Waals surface area contributed by atoms with Crippen LogP contribution in [0.5, 0.6) is 0 Å². The van der Waals surface area contributed by atoms with Crippen LogP contribution in [0.1, 0.15) is 28.4 Å². The van der Waals surface area contributed by atoms with Crippen molar-refractivity contribution in [3.05, 3.63) is 150 Å². The van der Waals surface area contributed by atoms with Crippen LogP contribution in [0.2, 0.25) is 0 Å². The first-order chi connectivity index (χ1) is 19.7. The van der Waals surface area contributed by atoms with Crippen LogP contribution in [0.25, 0.3) is 27.5 Å². The Labute approximate surface area is 234 Å². The number of rotatable bonds is 6. The lowest BCUT2D eigenvalue weighted by molar-refractivity contribution is 0.383. The number of benzene rings is 5. The van der Waals surface area contributed by atoms with E-state index in [0.29, 0.717) is 5.57 Å². The fraction of sp³-hybridized carbons (Fsp3) is 0.0571. The molecule has 5 heteroatoms. The summed E-state index contributed by atoms with van der Waals surface area (Å²) in [5.74, 6) is 1.61. The van der Waals surface area contributed by atoms with Crippen molar-refractivity contribution in [2.75, 3.05) is 7.05 Å². The maximum atomic E-state index is 7.77. The van der Waals surface area contributed by atoms with Gasteiger partial charge in [-0.25, -0.2) is 9.98 Å². The Morgan fingerprint density at radius 3 is 2.00 bits per heavy atom. The molecule has 5 nitrogen and oxygen atoms in total. The molecule has 1 aliphatic heterocycles. The molecule has 1 unspecified atom stereocenters. The topological polar surface area (TPSA) is 77.8 Å². The molecule has 0 radical (unpaired) electrons. The van der Waals surface area contributed by atoms with Crippen LogP contribution >= 0.6 is 0 Å². The van der Waals surface area contributed by atoms with Gasteiger partial charge in [-0.3, -0.25) is 0 Å². The summed E-state index contributed by atoms with van der Waals surface area (Å²) in [6, 6.07) is 41.4. The smallest absolute Gasteiger partial charge is 0.159 e. The van der Waals surface area contributed by atoms with Crippen LogP contribution in [0.4, 0.5) is 0 Å². The average molecular weight is 520 g/mol. The summed E-state index contributed by atoms with van der Waals surface area (Å²) in [6.45, 7) is 0. The van der Waals surface area contributed by atoms with E-state index in [9.17, 15) is 0 Å². The van der Waals surface area contributed by atoms with Gasteiger partial charge in [0.1, 0.15) is 12.0 Å². The molecule has 0 amide bonds. The molecule has 3 N–H and O–H groups in total. The predicted molar refractivity (Wildman–Crippen MR) is 167 cm³/mol. The SMILES string of the molecule is CN1C(c2ccccc2)=NC(c2ccccc2)=NC1c1ccc(-c2ccc(/C(C=N)=C/N)c3ccccc23)cc1. The maximum absolute atomic E-state index is 7.77. The van der Waals surface area contributed by atoms with Crippen molar-refractivity contribution in [1.82, 2.24) is 4.90 Å². The number of amidine groups is 2. The quantitative estimate of drug-likeness (QED) is 0.231. The molecule has 0 saturated heterocycles. The minimum Gasteiger partial charge on any atom is -0.404 e. The molecule has 0 aliphatic carbocycles. The van der Waals surface area contributed by atoms with Crippen molar-refractivity contribution in [3.8, 4) is 11.1 Å². The average Bonchev–Trinajstić information content (AvgIpc) is 3.03. The zero-order valence-electron chi connectivity index (χ0n) is 22.2. The molecule has 0 bridgehead atoms. The predicted octanol–water partition coefficient (Wildman–Crippen LogP) is 7.29. The zero-order valence-corrected chi connectivity index (χ0v) is 22.2. The second-order valence-electron chi connectivity index (χ2n) is 9.70. The van der Waals surface area contributed by atoms with Gasteiger partial charge in [-0.15, -0.1) is 0 Å². The molecule has 5 aromatic rings. The highest BCUT2D eigenvalue weighted by Gasteiger charge is 2.26. The largest absolute Gasteiger partial charge is 0.404 e. The van der Waals surface area contributed by atoms with Gasteiger partial charge in [-0.1, -0.05) is 121 Å².